The fraction of sp³-hybridized carbons (Fsp3) is 0.222. The maximum absolute atomic E-state index is 10.9. The first kappa shape index (κ1) is 11.0. The zero-order valence-corrected chi connectivity index (χ0v) is 8.48. The molecule has 80 valence electrons. The molecule has 0 aliphatic carbocycles. The summed E-state index contributed by atoms with van der Waals surface area (Å²) in [4.78, 5) is 14.8. The van der Waals surface area contributed by atoms with Crippen molar-refractivity contribution in [2.75, 3.05) is 7.05 Å². The van der Waals surface area contributed by atoms with Crippen LogP contribution in [0.3, 0.4) is 0 Å². The maximum Gasteiger partial charge on any atom is 0.355 e. The Bertz CT molecular complexity index is 415. The smallest absolute Gasteiger partial charge is 0.355 e. The average molecular weight is 208 g/mol. The van der Waals surface area contributed by atoms with Gasteiger partial charge in [0.2, 0.25) is 0 Å². The Morgan fingerprint density at radius 3 is 2.80 bits per heavy atom. The van der Waals surface area contributed by atoms with Crippen molar-refractivity contribution in [1.29, 1.82) is 0 Å². The number of amidine groups is 1. The van der Waals surface area contributed by atoms with Crippen molar-refractivity contribution in [1.82, 2.24) is 10.4 Å². The van der Waals surface area contributed by atoms with E-state index in [1.165, 1.54) is 0 Å². The van der Waals surface area contributed by atoms with Crippen molar-refractivity contribution >= 4 is 11.8 Å². The van der Waals surface area contributed by atoms with E-state index < -0.39 is 5.97 Å². The monoisotopic (exact) mass is 208 g/mol. The van der Waals surface area contributed by atoms with E-state index in [0.717, 1.165) is 0 Å². The van der Waals surface area contributed by atoms with Crippen molar-refractivity contribution in [2.45, 2.75) is 6.92 Å². The second-order valence-corrected chi connectivity index (χ2v) is 2.87. The highest BCUT2D eigenvalue weighted by molar-refractivity contribution is 6.05. The lowest BCUT2D eigenvalue weighted by Gasteiger charge is -2.05. The number of hydrogen-bond donors (Lipinski definition) is 3. The van der Waals surface area contributed by atoms with Gasteiger partial charge in [0.25, 0.3) is 0 Å². The van der Waals surface area contributed by atoms with E-state index >= 15 is 0 Å². The predicted octanol–water partition coefficient (Wildman–Crippen LogP) is -0.0721. The Balaban J connectivity index is 3.29. The molecule has 0 atom stereocenters. The Morgan fingerprint density at radius 2 is 2.27 bits per heavy atom. The molecule has 0 aromatic carbocycles. The van der Waals surface area contributed by atoms with E-state index in [1.54, 1.807) is 26.1 Å². The van der Waals surface area contributed by atoms with E-state index in [9.17, 15) is 4.79 Å². The summed E-state index contributed by atoms with van der Waals surface area (Å²) in [6.45, 7) is 1.71. The summed E-state index contributed by atoms with van der Waals surface area (Å²) < 4.78 is 0. The van der Waals surface area contributed by atoms with E-state index in [4.69, 9.17) is 10.8 Å². The molecule has 1 aromatic heterocycles. The fourth-order valence-electron chi connectivity index (χ4n) is 1.11. The first-order chi connectivity index (χ1) is 7.06. The number of rotatable bonds is 3. The van der Waals surface area contributed by atoms with Gasteiger partial charge in [0.15, 0.2) is 11.5 Å². The lowest BCUT2D eigenvalue weighted by atomic mass is 10.1. The molecule has 0 fully saturated rings. The Labute approximate surface area is 86.8 Å². The summed E-state index contributed by atoms with van der Waals surface area (Å²) in [5, 5.41) is 12.6. The number of carbonyl (C=O) groups is 1. The molecule has 0 radical (unpaired) electrons. The first-order valence-corrected chi connectivity index (χ1v) is 4.27. The molecular weight excluding hydrogens is 196 g/mol. The second-order valence-electron chi connectivity index (χ2n) is 2.87. The van der Waals surface area contributed by atoms with E-state index in [0.29, 0.717) is 11.3 Å². The van der Waals surface area contributed by atoms with Gasteiger partial charge in [-0.05, 0) is 19.1 Å². The molecular formula is C9H12N4O2. The van der Waals surface area contributed by atoms with Crippen molar-refractivity contribution in [3.05, 3.63) is 29.1 Å². The molecule has 0 aliphatic rings. The van der Waals surface area contributed by atoms with Crippen LogP contribution in [0.2, 0.25) is 0 Å². The quantitative estimate of drug-likeness (QED) is 0.366. The van der Waals surface area contributed by atoms with Crippen LogP contribution < -0.4 is 11.2 Å². The van der Waals surface area contributed by atoms with Crippen LogP contribution in [0, 0.1) is 6.92 Å². The lowest BCUT2D eigenvalue weighted by Crippen LogP contribution is -2.21. The number of aromatic nitrogens is 1. The topological polar surface area (TPSA) is 101 Å². The number of aryl methyl sites for hydroxylation is 1. The molecule has 15 heavy (non-hydrogen) atoms. The fourth-order valence-corrected chi connectivity index (χ4v) is 1.11. The highest BCUT2D eigenvalue weighted by atomic mass is 16.4. The summed E-state index contributed by atoms with van der Waals surface area (Å²) in [7, 11) is 1.58. The van der Waals surface area contributed by atoms with Crippen LogP contribution in [0.15, 0.2) is 17.2 Å². The van der Waals surface area contributed by atoms with Crippen molar-refractivity contribution in [3.8, 4) is 0 Å². The molecule has 0 spiro atoms. The van der Waals surface area contributed by atoms with Crippen LogP contribution in [0.4, 0.5) is 0 Å². The van der Waals surface area contributed by atoms with Gasteiger partial charge in [-0.2, -0.15) is 5.10 Å². The molecule has 1 heterocycles. The van der Waals surface area contributed by atoms with Crippen LogP contribution in [0.1, 0.15) is 21.7 Å². The summed E-state index contributed by atoms with van der Waals surface area (Å²) in [5.74, 6) is -1.02. The zero-order chi connectivity index (χ0) is 11.4. The number of aromatic carboxylic acids is 1. The zero-order valence-electron chi connectivity index (χ0n) is 8.48. The number of pyridine rings is 1. The minimum atomic E-state index is -1.12. The van der Waals surface area contributed by atoms with Gasteiger partial charge < -0.3 is 16.3 Å². The molecule has 0 saturated carbocycles. The standard InChI is InChI=1S/C9H12N4O2/c1-5-3-4-6(8(10)13-11-2)7(12-5)9(14)15/h3-4,11H,1-2H3,(H2,10,13)(H,14,15). The minimum Gasteiger partial charge on any atom is -0.476 e. The average Bonchev–Trinajstić information content (AvgIpc) is 2.17. The summed E-state index contributed by atoms with van der Waals surface area (Å²) in [6.07, 6.45) is 0. The van der Waals surface area contributed by atoms with E-state index in [2.05, 4.69) is 15.5 Å². The highest BCUT2D eigenvalue weighted by Gasteiger charge is 2.14. The van der Waals surface area contributed by atoms with Crippen LogP contribution in [0.25, 0.3) is 0 Å². The summed E-state index contributed by atoms with van der Waals surface area (Å²) >= 11 is 0. The Hall–Kier alpha value is -2.11. The van der Waals surface area contributed by atoms with Gasteiger partial charge >= 0.3 is 5.97 Å². The maximum atomic E-state index is 10.9. The van der Waals surface area contributed by atoms with Crippen molar-refractivity contribution < 1.29 is 9.90 Å². The first-order valence-electron chi connectivity index (χ1n) is 4.27. The van der Waals surface area contributed by atoms with Gasteiger partial charge in [0.05, 0.1) is 5.56 Å². The minimum absolute atomic E-state index is 0.0912. The van der Waals surface area contributed by atoms with Gasteiger partial charge in [-0.3, -0.25) is 0 Å². The largest absolute Gasteiger partial charge is 0.476 e. The van der Waals surface area contributed by atoms with Gasteiger partial charge in [-0.1, -0.05) is 0 Å². The molecule has 6 heteroatoms. The number of carboxylic acids is 1. The second kappa shape index (κ2) is 4.41. The number of carboxylic acid groups (broad SMARTS) is 1. The number of nitrogens with zero attached hydrogens (tertiary/aromatic N) is 2. The molecule has 0 saturated heterocycles. The predicted molar refractivity (Wildman–Crippen MR) is 55.7 cm³/mol. The Kier molecular flexibility index (Phi) is 3.22. The van der Waals surface area contributed by atoms with Crippen LogP contribution in [0.5, 0.6) is 0 Å². The van der Waals surface area contributed by atoms with Gasteiger partial charge in [-0.25, -0.2) is 9.78 Å². The number of hydrogen-bond acceptors (Lipinski definition) is 4. The van der Waals surface area contributed by atoms with Gasteiger partial charge in [-0.15, -0.1) is 0 Å². The van der Waals surface area contributed by atoms with E-state index in [1.807, 2.05) is 0 Å². The van der Waals surface area contributed by atoms with Gasteiger partial charge in [0.1, 0.15) is 0 Å². The molecule has 0 unspecified atom stereocenters. The molecule has 0 amide bonds. The van der Waals surface area contributed by atoms with Crippen LogP contribution >= 0.6 is 0 Å². The summed E-state index contributed by atoms with van der Waals surface area (Å²) in [6, 6.07) is 3.27. The third kappa shape index (κ3) is 2.43. The third-order valence-electron chi connectivity index (χ3n) is 1.75. The molecule has 0 aliphatic heterocycles. The molecule has 6 nitrogen and oxygen atoms in total. The van der Waals surface area contributed by atoms with Crippen molar-refractivity contribution in [3.63, 3.8) is 0 Å². The highest BCUT2D eigenvalue weighted by Crippen LogP contribution is 2.07. The number of nitrogens with two attached hydrogens (primary N) is 1. The van der Waals surface area contributed by atoms with Crippen LogP contribution in [-0.2, 0) is 0 Å². The Morgan fingerprint density at radius 1 is 1.60 bits per heavy atom. The number of nitrogens with one attached hydrogen (secondary N) is 1. The SMILES string of the molecule is CNN=C(N)c1ccc(C)nc1C(=O)O. The lowest BCUT2D eigenvalue weighted by molar-refractivity contribution is 0.0690. The normalized spacial score (nSPS) is 11.2. The number of hydrazone groups is 1. The molecule has 4 N–H and O–H groups in total. The molecule has 0 bridgehead atoms. The van der Waals surface area contributed by atoms with Crippen LogP contribution in [-0.4, -0.2) is 28.9 Å². The third-order valence-corrected chi connectivity index (χ3v) is 1.75. The van der Waals surface area contributed by atoms with Gasteiger partial charge in [0, 0.05) is 12.7 Å². The summed E-state index contributed by atoms with van der Waals surface area (Å²) in [5.41, 5.74) is 8.90. The van der Waals surface area contributed by atoms with Crippen molar-refractivity contribution in [2.24, 2.45) is 10.8 Å². The van der Waals surface area contributed by atoms with E-state index in [-0.39, 0.29) is 11.5 Å². The molecule has 1 aromatic rings. The molecule has 1 rings (SSSR count).